The van der Waals surface area contributed by atoms with Crippen molar-refractivity contribution in [2.75, 3.05) is 59.1 Å². The monoisotopic (exact) mass is 956 g/mol. The van der Waals surface area contributed by atoms with Crippen LogP contribution in [-0.2, 0) is 6.18 Å². The molecule has 8 rings (SSSR count). The molecule has 10 nitrogen and oxygen atoms in total. The molecule has 0 radical (unpaired) electrons. The van der Waals surface area contributed by atoms with Gasteiger partial charge < -0.3 is 20.4 Å². The topological polar surface area (TPSA) is 116 Å². The number of hydrogen-bond acceptors (Lipinski definition) is 10. The van der Waals surface area contributed by atoms with Crippen molar-refractivity contribution in [2.45, 2.75) is 99.7 Å². The van der Waals surface area contributed by atoms with Gasteiger partial charge in [0, 0.05) is 74.7 Å². The van der Waals surface area contributed by atoms with E-state index >= 15 is 0 Å². The third-order valence-corrected chi connectivity index (χ3v) is 13.3. The molecule has 65 heavy (non-hydrogen) atoms. The molecule has 2 saturated carbocycles. The summed E-state index contributed by atoms with van der Waals surface area (Å²) in [6, 6.07) is 8.41. The van der Waals surface area contributed by atoms with Gasteiger partial charge in [-0.05, 0) is 86.6 Å². The molecule has 0 bridgehead atoms. The summed E-state index contributed by atoms with van der Waals surface area (Å²) in [7, 11) is 0. The molecule has 4 aromatic rings. The smallest absolute Gasteiger partial charge is 0.355 e. The van der Waals surface area contributed by atoms with Crippen LogP contribution in [0.2, 0.25) is 0 Å². The molecule has 4 fully saturated rings. The van der Waals surface area contributed by atoms with Crippen LogP contribution in [0.3, 0.4) is 0 Å². The molecule has 2 aliphatic heterocycles. The summed E-state index contributed by atoms with van der Waals surface area (Å²) in [5.41, 5.74) is 1.14. The largest absolute Gasteiger partial charge is 0.418 e. The molecule has 6 heterocycles. The first-order valence-electron chi connectivity index (χ1n) is 21.0. The third kappa shape index (κ3) is 10.3. The second kappa shape index (κ2) is 19.6. The van der Waals surface area contributed by atoms with Crippen molar-refractivity contribution in [3.63, 3.8) is 0 Å². The standard InChI is InChI=1S/C22H26F2N4OS.C20H17F7N4OS.C2H6/c1-14-17(15-4-3-5-15)13-18(20(26-14)28-10-7-22(23,24)8-11-28)21(29)27-16-6-9-25-19(12-16)30-2;1-9-11(20(25,26)27)6-29-16(31-7-12-13(8-31)19(23,24)18(12,21)22)15(9)17(32)30-10-3-4-28-14(5-10)33-2;1-2/h6,9,12-13,15H,3-5,7-8,10-11H2,1-2H3,(H,25,27,29);3-6,12-13H,7-8H2,1-2H3,(H,28,30,32);1-2H3. The molecule has 2 saturated heterocycles. The number of halogens is 9. The summed E-state index contributed by atoms with van der Waals surface area (Å²) in [5, 5.41) is 6.75. The molecule has 4 aromatic heterocycles. The number of alkyl halides is 9. The van der Waals surface area contributed by atoms with Gasteiger partial charge in [0.25, 0.3) is 17.7 Å². The first-order chi connectivity index (χ1) is 30.6. The van der Waals surface area contributed by atoms with Gasteiger partial charge in [0.1, 0.15) is 11.6 Å². The van der Waals surface area contributed by atoms with Crippen LogP contribution in [0.15, 0.2) is 59.0 Å². The zero-order valence-corrected chi connectivity index (χ0v) is 38.1. The molecule has 2 aliphatic carbocycles. The van der Waals surface area contributed by atoms with E-state index in [-0.39, 0.29) is 43.3 Å². The van der Waals surface area contributed by atoms with Crippen molar-refractivity contribution >= 4 is 58.3 Å². The number of fused-ring (bicyclic) bond motifs is 1. The normalized spacial score (nSPS) is 20.5. The van der Waals surface area contributed by atoms with Crippen molar-refractivity contribution in [2.24, 2.45) is 11.8 Å². The predicted molar refractivity (Wildman–Crippen MR) is 234 cm³/mol. The van der Waals surface area contributed by atoms with E-state index in [1.807, 2.05) is 44.1 Å². The van der Waals surface area contributed by atoms with Gasteiger partial charge in [0.05, 0.1) is 38.6 Å². The van der Waals surface area contributed by atoms with E-state index in [1.165, 1.54) is 48.3 Å². The van der Waals surface area contributed by atoms with E-state index in [9.17, 15) is 49.1 Å². The van der Waals surface area contributed by atoms with Crippen LogP contribution in [0, 0.1) is 25.7 Å². The molecule has 2 unspecified atom stereocenters. The van der Waals surface area contributed by atoms with E-state index < -0.39 is 71.5 Å². The Morgan fingerprint density at radius 2 is 1.28 bits per heavy atom. The number of nitrogens with zero attached hydrogens (tertiary/aromatic N) is 6. The first kappa shape index (κ1) is 49.6. The zero-order valence-electron chi connectivity index (χ0n) is 36.4. The number of aromatic nitrogens is 4. The molecule has 21 heteroatoms. The number of carbonyl (C=O) groups is 2. The van der Waals surface area contributed by atoms with Gasteiger partial charge in [0.15, 0.2) is 0 Å². The summed E-state index contributed by atoms with van der Waals surface area (Å²) in [6.45, 7) is 6.26. The molecule has 2 N–H and O–H groups in total. The maximum Gasteiger partial charge on any atom is 0.418 e. The Bertz CT molecular complexity index is 2350. The van der Waals surface area contributed by atoms with Gasteiger partial charge in [-0.25, -0.2) is 28.7 Å². The fourth-order valence-electron chi connectivity index (χ4n) is 8.28. The number of anilines is 4. The summed E-state index contributed by atoms with van der Waals surface area (Å²) in [6.07, 6.45) is 5.29. The highest BCUT2D eigenvalue weighted by Crippen LogP contribution is 2.62. The lowest BCUT2D eigenvalue weighted by molar-refractivity contribution is -0.339. The maximum atomic E-state index is 13.8. The van der Waals surface area contributed by atoms with Crippen LogP contribution in [-0.4, -0.2) is 88.2 Å². The number of piperidine rings is 1. The van der Waals surface area contributed by atoms with Gasteiger partial charge in [-0.3, -0.25) is 9.59 Å². The van der Waals surface area contributed by atoms with Crippen LogP contribution < -0.4 is 20.4 Å². The number of aryl methyl sites for hydroxylation is 1. The number of hydrogen-bond donors (Lipinski definition) is 2. The average Bonchev–Trinajstić information content (AvgIpc) is 3.70. The molecule has 352 valence electrons. The first-order valence-corrected chi connectivity index (χ1v) is 23.4. The Morgan fingerprint density at radius 1 is 0.754 bits per heavy atom. The minimum Gasteiger partial charge on any atom is -0.355 e. The lowest BCUT2D eigenvalue weighted by Crippen LogP contribution is -2.65. The van der Waals surface area contributed by atoms with Crippen molar-refractivity contribution in [3.05, 3.63) is 82.4 Å². The average molecular weight is 957 g/mol. The SMILES string of the molecule is CC.CSc1cc(NC(=O)c2c(N3CC4C(C3)C(F)(F)C4(F)F)ncc(C(F)(F)F)c2C)ccn1.CSc1cc(NC(=O)c2cc(C3CCC3)c(C)nc2N2CCC(F)(F)CC2)ccn1. The van der Waals surface area contributed by atoms with Crippen molar-refractivity contribution in [1.29, 1.82) is 0 Å². The Kier molecular flexibility index (Phi) is 15.0. The highest BCUT2D eigenvalue weighted by atomic mass is 32.2. The second-order valence-corrected chi connectivity index (χ2v) is 17.6. The van der Waals surface area contributed by atoms with E-state index in [0.29, 0.717) is 34.2 Å². The van der Waals surface area contributed by atoms with Gasteiger partial charge in [-0.15, -0.1) is 23.5 Å². The second-order valence-electron chi connectivity index (χ2n) is 15.9. The minimum absolute atomic E-state index is 0.189. The van der Waals surface area contributed by atoms with Crippen LogP contribution >= 0.6 is 23.5 Å². The molecule has 2 amide bonds. The van der Waals surface area contributed by atoms with Gasteiger partial charge in [-0.1, -0.05) is 20.3 Å². The van der Waals surface area contributed by atoms with Gasteiger partial charge in [-0.2, -0.15) is 30.7 Å². The van der Waals surface area contributed by atoms with Crippen LogP contribution in [0.25, 0.3) is 0 Å². The molecular formula is C44H49F9N8O2S2. The Labute approximate surface area is 379 Å². The van der Waals surface area contributed by atoms with Crippen LogP contribution in [0.1, 0.15) is 95.0 Å². The summed E-state index contributed by atoms with van der Waals surface area (Å²) in [4.78, 5) is 45.9. The Balaban J connectivity index is 0.000000208. The van der Waals surface area contributed by atoms with Crippen molar-refractivity contribution in [1.82, 2.24) is 19.9 Å². The molecule has 0 spiro atoms. The number of rotatable bonds is 9. The van der Waals surface area contributed by atoms with Crippen LogP contribution in [0.5, 0.6) is 0 Å². The highest BCUT2D eigenvalue weighted by Gasteiger charge is 2.80. The van der Waals surface area contributed by atoms with E-state index in [4.69, 9.17) is 4.98 Å². The summed E-state index contributed by atoms with van der Waals surface area (Å²) >= 11 is 2.77. The Hall–Kier alpha value is -4.79. The lowest BCUT2D eigenvalue weighted by atomic mass is 9.68. The van der Waals surface area contributed by atoms with E-state index in [1.54, 1.807) is 18.5 Å². The predicted octanol–water partition coefficient (Wildman–Crippen LogP) is 11.4. The fraction of sp³-hybridized carbons (Fsp3) is 0.500. The van der Waals surface area contributed by atoms with E-state index in [0.717, 1.165) is 40.9 Å². The number of carbonyl (C=O) groups excluding carboxylic acids is 2. The molecular weight excluding hydrogens is 908 g/mol. The summed E-state index contributed by atoms with van der Waals surface area (Å²) < 4.78 is 123. The highest BCUT2D eigenvalue weighted by molar-refractivity contribution is 7.98. The summed E-state index contributed by atoms with van der Waals surface area (Å²) in [5.74, 6) is -15.2. The number of thioether (sulfide) groups is 2. The van der Waals surface area contributed by atoms with Gasteiger partial charge >= 0.3 is 18.0 Å². The van der Waals surface area contributed by atoms with Crippen molar-refractivity contribution < 1.29 is 49.1 Å². The minimum atomic E-state index is -4.84. The number of pyridine rings is 4. The quantitative estimate of drug-likeness (QED) is 0.124. The molecule has 2 atom stereocenters. The molecule has 0 aromatic carbocycles. The fourth-order valence-corrected chi connectivity index (χ4v) is 9.10. The maximum absolute atomic E-state index is 13.8. The lowest BCUT2D eigenvalue weighted by Gasteiger charge is -2.46. The zero-order chi connectivity index (χ0) is 47.6. The molecule has 4 aliphatic rings. The van der Waals surface area contributed by atoms with Crippen LogP contribution in [0.4, 0.5) is 62.5 Å². The number of amides is 2. The van der Waals surface area contributed by atoms with Gasteiger partial charge in [0.2, 0.25) is 0 Å². The third-order valence-electron chi connectivity index (χ3n) is 12.1. The van der Waals surface area contributed by atoms with Crippen molar-refractivity contribution in [3.8, 4) is 0 Å². The van der Waals surface area contributed by atoms with E-state index in [2.05, 4.69) is 25.6 Å². The Morgan fingerprint density at radius 3 is 1.75 bits per heavy atom. The number of nitrogens with one attached hydrogen (secondary N) is 2.